The molecule has 0 fully saturated rings. The third-order valence-electron chi connectivity index (χ3n) is 3.02. The normalized spacial score (nSPS) is 19.0. The van der Waals surface area contributed by atoms with Crippen LogP contribution >= 0.6 is 0 Å². The van der Waals surface area contributed by atoms with Crippen LogP contribution in [-0.4, -0.2) is 21.8 Å². The van der Waals surface area contributed by atoms with Crippen molar-refractivity contribution < 1.29 is 19.7 Å². The minimum absolute atomic E-state index is 0.236. The summed E-state index contributed by atoms with van der Waals surface area (Å²) >= 11 is 0. The molecule has 17 heavy (non-hydrogen) atoms. The molecule has 0 radical (unpaired) electrons. The van der Waals surface area contributed by atoms with E-state index in [1.54, 1.807) is 12.1 Å². The number of rotatable bonds is 2. The molecule has 2 rings (SSSR count). The van der Waals surface area contributed by atoms with Crippen molar-refractivity contribution in [2.45, 2.75) is 38.4 Å². The largest absolute Gasteiger partial charge is 0.488 e. The molecule has 92 valence electrons. The highest BCUT2D eigenvalue weighted by Crippen LogP contribution is 2.34. The number of benzene rings is 1. The van der Waals surface area contributed by atoms with Gasteiger partial charge in [0.25, 0.3) is 0 Å². The van der Waals surface area contributed by atoms with Gasteiger partial charge in [-0.05, 0) is 43.9 Å². The molecule has 0 saturated carbocycles. The third-order valence-corrected chi connectivity index (χ3v) is 3.02. The first-order valence-electron chi connectivity index (χ1n) is 5.62. The Morgan fingerprint density at radius 3 is 2.82 bits per heavy atom. The second-order valence-corrected chi connectivity index (χ2v) is 4.97. The van der Waals surface area contributed by atoms with Gasteiger partial charge in [-0.1, -0.05) is 12.1 Å². The van der Waals surface area contributed by atoms with Gasteiger partial charge in [-0.3, -0.25) is 0 Å². The van der Waals surface area contributed by atoms with Crippen molar-refractivity contribution in [3.8, 4) is 5.75 Å². The van der Waals surface area contributed by atoms with E-state index >= 15 is 0 Å². The van der Waals surface area contributed by atoms with Gasteiger partial charge in [0, 0.05) is 0 Å². The lowest BCUT2D eigenvalue weighted by molar-refractivity contribution is -0.146. The molecule has 0 bridgehead atoms. The smallest absolute Gasteiger partial charge is 0.337 e. The molecule has 1 atom stereocenters. The first-order chi connectivity index (χ1) is 7.89. The van der Waals surface area contributed by atoms with Gasteiger partial charge < -0.3 is 14.9 Å². The summed E-state index contributed by atoms with van der Waals surface area (Å²) in [6.07, 6.45) is 0.348. The topological polar surface area (TPSA) is 66.8 Å². The van der Waals surface area contributed by atoms with Crippen molar-refractivity contribution in [2.24, 2.45) is 0 Å². The molecule has 2 N–H and O–H groups in total. The maximum absolute atomic E-state index is 10.7. The second kappa shape index (κ2) is 4.04. The van der Waals surface area contributed by atoms with E-state index in [2.05, 4.69) is 0 Å². The van der Waals surface area contributed by atoms with Crippen LogP contribution < -0.4 is 4.74 Å². The summed E-state index contributed by atoms with van der Waals surface area (Å²) in [6, 6.07) is 5.08. The lowest BCUT2D eigenvalue weighted by atomic mass is 9.93. The number of carboxylic acid groups (broad SMARTS) is 1. The van der Waals surface area contributed by atoms with Gasteiger partial charge in [0.2, 0.25) is 0 Å². The number of ether oxygens (including phenoxy) is 1. The van der Waals surface area contributed by atoms with Crippen LogP contribution in [0, 0.1) is 0 Å². The molecule has 1 heterocycles. The van der Waals surface area contributed by atoms with Gasteiger partial charge in [-0.25, -0.2) is 4.79 Å². The molecular formula is C13H16O4. The fourth-order valence-corrected chi connectivity index (χ4v) is 1.97. The minimum atomic E-state index is -1.49. The van der Waals surface area contributed by atoms with Gasteiger partial charge in [-0.15, -0.1) is 0 Å². The Morgan fingerprint density at radius 1 is 1.47 bits per heavy atom. The van der Waals surface area contributed by atoms with E-state index < -0.39 is 12.1 Å². The number of aryl methyl sites for hydroxylation is 1. The van der Waals surface area contributed by atoms with Crippen LogP contribution in [0.3, 0.4) is 0 Å². The summed E-state index contributed by atoms with van der Waals surface area (Å²) < 4.78 is 5.79. The SMILES string of the molecule is CC1(C)CCc2ccc(C(O)C(=O)O)cc2O1. The number of aliphatic hydroxyl groups excluding tert-OH is 1. The molecule has 0 spiro atoms. The highest BCUT2D eigenvalue weighted by atomic mass is 16.5. The Bertz CT molecular complexity index is 451. The van der Waals surface area contributed by atoms with Crippen LogP contribution in [0.5, 0.6) is 5.75 Å². The summed E-state index contributed by atoms with van der Waals surface area (Å²) in [5.74, 6) is -0.570. The van der Waals surface area contributed by atoms with Crippen molar-refractivity contribution >= 4 is 5.97 Å². The van der Waals surface area contributed by atoms with Crippen molar-refractivity contribution in [3.63, 3.8) is 0 Å². The molecule has 0 aliphatic carbocycles. The van der Waals surface area contributed by atoms with Crippen LogP contribution in [0.1, 0.15) is 37.5 Å². The number of aliphatic hydroxyl groups is 1. The Kier molecular flexibility index (Phi) is 2.83. The van der Waals surface area contributed by atoms with E-state index in [0.717, 1.165) is 18.4 Å². The molecule has 1 aliphatic rings. The second-order valence-electron chi connectivity index (χ2n) is 4.97. The van der Waals surface area contributed by atoms with E-state index in [1.807, 2.05) is 19.9 Å². The van der Waals surface area contributed by atoms with Crippen LogP contribution in [0.25, 0.3) is 0 Å². The Hall–Kier alpha value is -1.55. The zero-order chi connectivity index (χ0) is 12.6. The zero-order valence-electron chi connectivity index (χ0n) is 9.93. The first-order valence-corrected chi connectivity index (χ1v) is 5.62. The molecule has 4 heteroatoms. The number of carboxylic acids is 1. The molecule has 0 aromatic heterocycles. The zero-order valence-corrected chi connectivity index (χ0v) is 9.93. The number of aliphatic carboxylic acids is 1. The lowest BCUT2D eigenvalue weighted by Gasteiger charge is -2.32. The number of hydrogen-bond donors (Lipinski definition) is 2. The van der Waals surface area contributed by atoms with E-state index in [-0.39, 0.29) is 5.60 Å². The minimum Gasteiger partial charge on any atom is -0.488 e. The monoisotopic (exact) mass is 236 g/mol. The van der Waals surface area contributed by atoms with E-state index in [4.69, 9.17) is 9.84 Å². The number of hydrogen-bond acceptors (Lipinski definition) is 3. The van der Waals surface area contributed by atoms with E-state index in [1.165, 1.54) is 0 Å². The molecule has 0 amide bonds. The fraction of sp³-hybridized carbons (Fsp3) is 0.462. The van der Waals surface area contributed by atoms with Crippen LogP contribution in [0.4, 0.5) is 0 Å². The average Bonchev–Trinajstić information content (AvgIpc) is 2.25. The number of fused-ring (bicyclic) bond motifs is 1. The van der Waals surface area contributed by atoms with Crippen LogP contribution in [0.15, 0.2) is 18.2 Å². The van der Waals surface area contributed by atoms with Crippen LogP contribution in [-0.2, 0) is 11.2 Å². The molecule has 1 unspecified atom stereocenters. The van der Waals surface area contributed by atoms with Gasteiger partial charge in [0.1, 0.15) is 11.4 Å². The molecular weight excluding hydrogens is 220 g/mol. The van der Waals surface area contributed by atoms with E-state index in [9.17, 15) is 9.90 Å². The van der Waals surface area contributed by atoms with Gasteiger partial charge >= 0.3 is 5.97 Å². The van der Waals surface area contributed by atoms with Crippen molar-refractivity contribution in [2.75, 3.05) is 0 Å². The maximum Gasteiger partial charge on any atom is 0.337 e. The highest BCUT2D eigenvalue weighted by Gasteiger charge is 2.27. The molecule has 1 aromatic carbocycles. The summed E-state index contributed by atoms with van der Waals surface area (Å²) in [7, 11) is 0. The summed E-state index contributed by atoms with van der Waals surface area (Å²) in [5.41, 5.74) is 1.18. The third kappa shape index (κ3) is 2.42. The Balaban J connectivity index is 2.33. The molecule has 1 aromatic rings. The van der Waals surface area contributed by atoms with Crippen LogP contribution in [0.2, 0.25) is 0 Å². The molecule has 0 saturated heterocycles. The summed E-state index contributed by atoms with van der Waals surface area (Å²) in [6.45, 7) is 3.99. The van der Waals surface area contributed by atoms with Crippen molar-refractivity contribution in [3.05, 3.63) is 29.3 Å². The van der Waals surface area contributed by atoms with Gasteiger partial charge in [-0.2, -0.15) is 0 Å². The average molecular weight is 236 g/mol. The van der Waals surface area contributed by atoms with E-state index in [0.29, 0.717) is 11.3 Å². The highest BCUT2D eigenvalue weighted by molar-refractivity contribution is 5.74. The molecule has 4 nitrogen and oxygen atoms in total. The summed E-state index contributed by atoms with van der Waals surface area (Å²) in [5, 5.41) is 18.2. The predicted molar refractivity (Wildman–Crippen MR) is 62.1 cm³/mol. The standard InChI is InChI=1S/C13H16O4/c1-13(2)6-5-8-3-4-9(7-10(8)17-13)11(14)12(15)16/h3-4,7,11,14H,5-6H2,1-2H3,(H,15,16). The maximum atomic E-state index is 10.7. The summed E-state index contributed by atoms with van der Waals surface area (Å²) in [4.78, 5) is 10.7. The van der Waals surface area contributed by atoms with Crippen molar-refractivity contribution in [1.29, 1.82) is 0 Å². The molecule has 1 aliphatic heterocycles. The Morgan fingerprint density at radius 2 is 2.18 bits per heavy atom. The van der Waals surface area contributed by atoms with Gasteiger partial charge in [0.05, 0.1) is 0 Å². The van der Waals surface area contributed by atoms with Gasteiger partial charge in [0.15, 0.2) is 6.10 Å². The Labute approximate surface area is 99.8 Å². The quantitative estimate of drug-likeness (QED) is 0.823. The lowest BCUT2D eigenvalue weighted by Crippen LogP contribution is -2.32. The number of carbonyl (C=O) groups is 1. The predicted octanol–water partition coefficient (Wildman–Crippen LogP) is 1.91. The van der Waals surface area contributed by atoms with Crippen molar-refractivity contribution in [1.82, 2.24) is 0 Å². The fourth-order valence-electron chi connectivity index (χ4n) is 1.97. The first kappa shape index (κ1) is 11.9.